The van der Waals surface area contributed by atoms with E-state index < -0.39 is 12.0 Å². The van der Waals surface area contributed by atoms with Crippen LogP contribution in [0.1, 0.15) is 13.3 Å². The van der Waals surface area contributed by atoms with Crippen molar-refractivity contribution in [3.05, 3.63) is 12.4 Å². The van der Waals surface area contributed by atoms with E-state index in [0.717, 1.165) is 18.1 Å². The normalized spacial score (nSPS) is 12.6. The molecule has 5 nitrogen and oxygen atoms in total. The number of carboxylic acid groups (broad SMARTS) is 1. The van der Waals surface area contributed by atoms with Gasteiger partial charge in [0.25, 0.3) is 0 Å². The first-order valence-corrected chi connectivity index (χ1v) is 5.81. The molecule has 0 aliphatic rings. The minimum absolute atomic E-state index is 0.475. The molecular formula is C9H15N3O2S. The summed E-state index contributed by atoms with van der Waals surface area (Å²) in [4.78, 5) is 17.8. The van der Waals surface area contributed by atoms with Crippen LogP contribution in [-0.4, -0.2) is 39.4 Å². The van der Waals surface area contributed by atoms with Gasteiger partial charge in [0.05, 0.1) is 0 Å². The summed E-state index contributed by atoms with van der Waals surface area (Å²) in [5, 5.41) is 12.6. The summed E-state index contributed by atoms with van der Waals surface area (Å²) < 4.78 is 0. The fraction of sp³-hybridized carbons (Fsp3) is 0.556. The molecule has 0 fully saturated rings. The zero-order chi connectivity index (χ0) is 11.1. The lowest BCUT2D eigenvalue weighted by molar-refractivity contribution is -0.138. The van der Waals surface area contributed by atoms with Crippen LogP contribution in [0.5, 0.6) is 0 Å². The van der Waals surface area contributed by atoms with Crippen LogP contribution in [0.3, 0.4) is 0 Å². The topological polar surface area (TPSA) is 78.0 Å². The summed E-state index contributed by atoms with van der Waals surface area (Å²) in [6.07, 6.45) is 4.30. The summed E-state index contributed by atoms with van der Waals surface area (Å²) in [5.41, 5.74) is 0. The molecule has 1 heterocycles. The number of hydrogen-bond acceptors (Lipinski definition) is 4. The Bertz CT molecular complexity index is 290. The number of nitrogens with zero attached hydrogens (tertiary/aromatic N) is 1. The maximum Gasteiger partial charge on any atom is 0.321 e. The predicted octanol–water partition coefficient (Wildman–Crippen LogP) is 0.955. The second-order valence-electron chi connectivity index (χ2n) is 3.05. The number of rotatable bonds is 7. The second kappa shape index (κ2) is 6.47. The van der Waals surface area contributed by atoms with Crippen LogP contribution in [0.2, 0.25) is 0 Å². The number of aromatic nitrogens is 2. The lowest BCUT2D eigenvalue weighted by Gasteiger charge is -2.12. The maximum absolute atomic E-state index is 10.9. The fourth-order valence-corrected chi connectivity index (χ4v) is 1.90. The minimum Gasteiger partial charge on any atom is -0.480 e. The Kier molecular flexibility index (Phi) is 5.20. The van der Waals surface area contributed by atoms with Gasteiger partial charge in [0.15, 0.2) is 5.16 Å². The van der Waals surface area contributed by atoms with E-state index in [4.69, 9.17) is 5.11 Å². The summed E-state index contributed by atoms with van der Waals surface area (Å²) in [6.45, 7) is 2.72. The number of H-pyrrole nitrogens is 1. The SMILES string of the molecule is CCCNC(CSc1ncc[nH]1)C(=O)O. The number of hydrogen-bond donors (Lipinski definition) is 3. The molecular weight excluding hydrogens is 214 g/mol. The highest BCUT2D eigenvalue weighted by Gasteiger charge is 2.16. The van der Waals surface area contributed by atoms with E-state index in [-0.39, 0.29) is 0 Å². The maximum atomic E-state index is 10.9. The molecule has 3 N–H and O–H groups in total. The lowest BCUT2D eigenvalue weighted by Crippen LogP contribution is -2.39. The molecule has 0 aliphatic carbocycles. The van der Waals surface area contributed by atoms with E-state index in [1.165, 1.54) is 11.8 Å². The van der Waals surface area contributed by atoms with Crippen molar-refractivity contribution in [2.24, 2.45) is 0 Å². The number of imidazole rings is 1. The summed E-state index contributed by atoms with van der Waals surface area (Å²) in [6, 6.07) is -0.514. The van der Waals surface area contributed by atoms with Crippen molar-refractivity contribution in [2.75, 3.05) is 12.3 Å². The molecule has 0 aromatic carbocycles. The number of carbonyl (C=O) groups is 1. The number of aliphatic carboxylic acids is 1. The van der Waals surface area contributed by atoms with Gasteiger partial charge in [-0.2, -0.15) is 0 Å². The van der Waals surface area contributed by atoms with Gasteiger partial charge < -0.3 is 15.4 Å². The van der Waals surface area contributed by atoms with Gasteiger partial charge in [0, 0.05) is 18.1 Å². The Morgan fingerprint density at radius 1 is 1.80 bits per heavy atom. The van der Waals surface area contributed by atoms with Gasteiger partial charge in [-0.25, -0.2) is 4.98 Å². The third kappa shape index (κ3) is 4.35. The standard InChI is InChI=1S/C9H15N3O2S/c1-2-3-10-7(8(13)14)6-15-9-11-4-5-12-9/h4-5,7,10H,2-3,6H2,1H3,(H,11,12)(H,13,14). The van der Waals surface area contributed by atoms with Crippen molar-refractivity contribution in [1.82, 2.24) is 15.3 Å². The zero-order valence-electron chi connectivity index (χ0n) is 8.56. The van der Waals surface area contributed by atoms with Crippen molar-refractivity contribution in [2.45, 2.75) is 24.5 Å². The van der Waals surface area contributed by atoms with Gasteiger partial charge >= 0.3 is 5.97 Å². The molecule has 1 unspecified atom stereocenters. The Labute approximate surface area is 92.7 Å². The molecule has 1 atom stereocenters. The van der Waals surface area contributed by atoms with E-state index in [1.807, 2.05) is 6.92 Å². The van der Waals surface area contributed by atoms with Gasteiger partial charge in [-0.1, -0.05) is 18.7 Å². The highest BCUT2D eigenvalue weighted by atomic mass is 32.2. The highest BCUT2D eigenvalue weighted by molar-refractivity contribution is 7.99. The third-order valence-corrected chi connectivity index (χ3v) is 2.80. The quantitative estimate of drug-likeness (QED) is 0.607. The molecule has 1 aromatic rings. The third-order valence-electron chi connectivity index (χ3n) is 1.80. The molecule has 0 saturated heterocycles. The lowest BCUT2D eigenvalue weighted by atomic mass is 10.3. The second-order valence-corrected chi connectivity index (χ2v) is 4.06. The van der Waals surface area contributed by atoms with Gasteiger partial charge in [-0.15, -0.1) is 0 Å². The Balaban J connectivity index is 2.34. The van der Waals surface area contributed by atoms with Gasteiger partial charge in [0.2, 0.25) is 0 Å². The fourth-order valence-electron chi connectivity index (χ4n) is 1.03. The van der Waals surface area contributed by atoms with Crippen molar-refractivity contribution in [3.63, 3.8) is 0 Å². The van der Waals surface area contributed by atoms with Crippen LogP contribution < -0.4 is 5.32 Å². The van der Waals surface area contributed by atoms with E-state index in [1.54, 1.807) is 12.4 Å². The van der Waals surface area contributed by atoms with E-state index in [2.05, 4.69) is 15.3 Å². The molecule has 0 amide bonds. The molecule has 6 heteroatoms. The van der Waals surface area contributed by atoms with Crippen LogP contribution in [0.4, 0.5) is 0 Å². The van der Waals surface area contributed by atoms with Crippen molar-refractivity contribution >= 4 is 17.7 Å². The molecule has 0 aliphatic heterocycles. The highest BCUT2D eigenvalue weighted by Crippen LogP contribution is 2.12. The zero-order valence-corrected chi connectivity index (χ0v) is 9.38. The summed E-state index contributed by atoms with van der Waals surface area (Å²) in [7, 11) is 0. The molecule has 84 valence electrons. The Morgan fingerprint density at radius 3 is 3.13 bits per heavy atom. The van der Waals surface area contributed by atoms with E-state index in [9.17, 15) is 4.79 Å². The molecule has 1 rings (SSSR count). The molecule has 0 radical (unpaired) electrons. The van der Waals surface area contributed by atoms with Crippen LogP contribution in [0, 0.1) is 0 Å². The number of carboxylic acids is 1. The first-order chi connectivity index (χ1) is 7.24. The molecule has 0 saturated carbocycles. The predicted molar refractivity (Wildman–Crippen MR) is 59.0 cm³/mol. The first kappa shape index (κ1) is 12.1. The monoisotopic (exact) mass is 229 g/mol. The number of aromatic amines is 1. The average molecular weight is 229 g/mol. The van der Waals surface area contributed by atoms with Crippen LogP contribution in [0.25, 0.3) is 0 Å². The minimum atomic E-state index is -0.817. The average Bonchev–Trinajstić information content (AvgIpc) is 2.70. The first-order valence-electron chi connectivity index (χ1n) is 4.82. The molecule has 15 heavy (non-hydrogen) atoms. The van der Waals surface area contributed by atoms with Gasteiger partial charge in [0.1, 0.15) is 6.04 Å². The number of thioether (sulfide) groups is 1. The van der Waals surface area contributed by atoms with Crippen molar-refractivity contribution in [3.8, 4) is 0 Å². The van der Waals surface area contributed by atoms with Crippen molar-refractivity contribution in [1.29, 1.82) is 0 Å². The summed E-state index contributed by atoms with van der Waals surface area (Å²) in [5.74, 6) is -0.342. The van der Waals surface area contributed by atoms with Gasteiger partial charge in [-0.3, -0.25) is 4.79 Å². The van der Waals surface area contributed by atoms with E-state index >= 15 is 0 Å². The summed E-state index contributed by atoms with van der Waals surface area (Å²) >= 11 is 1.40. The van der Waals surface area contributed by atoms with Gasteiger partial charge in [-0.05, 0) is 13.0 Å². The van der Waals surface area contributed by atoms with Crippen LogP contribution >= 0.6 is 11.8 Å². The van der Waals surface area contributed by atoms with Crippen molar-refractivity contribution < 1.29 is 9.90 Å². The smallest absolute Gasteiger partial charge is 0.321 e. The van der Waals surface area contributed by atoms with Crippen LogP contribution in [0.15, 0.2) is 17.6 Å². The Morgan fingerprint density at radius 2 is 2.60 bits per heavy atom. The number of nitrogens with one attached hydrogen (secondary N) is 2. The molecule has 0 spiro atoms. The molecule has 1 aromatic heterocycles. The Hall–Kier alpha value is -1.01. The van der Waals surface area contributed by atoms with Crippen LogP contribution in [-0.2, 0) is 4.79 Å². The molecule has 0 bridgehead atoms. The largest absolute Gasteiger partial charge is 0.480 e. The van der Waals surface area contributed by atoms with E-state index in [0.29, 0.717) is 5.75 Å².